The van der Waals surface area contributed by atoms with Gasteiger partial charge in [0.1, 0.15) is 5.75 Å². The first-order valence-electron chi connectivity index (χ1n) is 7.72. The molecule has 0 spiro atoms. The molecule has 0 aliphatic carbocycles. The molecular formula is C17H27ClN2O3. The first kappa shape index (κ1) is 21.4. The Bertz CT molecular complexity index is 519. The summed E-state index contributed by atoms with van der Waals surface area (Å²) in [4.78, 5) is 23.3. The molecule has 5 nitrogen and oxygen atoms in total. The molecule has 0 unspecified atom stereocenters. The van der Waals surface area contributed by atoms with Crippen molar-refractivity contribution >= 4 is 24.3 Å². The molecule has 130 valence electrons. The van der Waals surface area contributed by atoms with E-state index in [-0.39, 0.29) is 30.7 Å². The second kappa shape index (κ2) is 11.0. The van der Waals surface area contributed by atoms with E-state index in [4.69, 9.17) is 10.5 Å². The molecule has 3 N–H and O–H groups in total. The third-order valence-electron chi connectivity index (χ3n) is 3.35. The number of hydrogen-bond acceptors (Lipinski definition) is 4. The molecule has 6 heteroatoms. The highest BCUT2D eigenvalue weighted by Gasteiger charge is 2.10. The summed E-state index contributed by atoms with van der Waals surface area (Å²) in [7, 11) is 0. The van der Waals surface area contributed by atoms with Crippen molar-refractivity contribution in [3.05, 3.63) is 29.3 Å². The number of benzene rings is 1. The van der Waals surface area contributed by atoms with Crippen LogP contribution in [0.1, 0.15) is 50.2 Å². The van der Waals surface area contributed by atoms with Crippen LogP contribution in [0, 0.1) is 6.92 Å². The van der Waals surface area contributed by atoms with Gasteiger partial charge in [-0.3, -0.25) is 9.59 Å². The molecule has 1 aromatic carbocycles. The van der Waals surface area contributed by atoms with Crippen LogP contribution in [0.4, 0.5) is 0 Å². The van der Waals surface area contributed by atoms with Crippen molar-refractivity contribution in [1.29, 1.82) is 0 Å². The van der Waals surface area contributed by atoms with Gasteiger partial charge in [0.2, 0.25) is 5.91 Å². The SMILES string of the molecule is Cc1ccc(C(C)C)cc1OC(=O)CCCC(=O)NCCN.Cl. The molecule has 1 aromatic rings. The second-order valence-electron chi connectivity index (χ2n) is 5.65. The highest BCUT2D eigenvalue weighted by molar-refractivity contribution is 5.85. The average Bonchev–Trinajstić information content (AvgIpc) is 2.47. The van der Waals surface area contributed by atoms with Crippen LogP contribution in [0.15, 0.2) is 18.2 Å². The Labute approximate surface area is 144 Å². The Hall–Kier alpha value is -1.59. The Balaban J connectivity index is 0.00000484. The molecule has 1 amide bonds. The van der Waals surface area contributed by atoms with Gasteiger partial charge >= 0.3 is 5.97 Å². The lowest BCUT2D eigenvalue weighted by Gasteiger charge is -2.11. The van der Waals surface area contributed by atoms with Gasteiger partial charge in [-0.15, -0.1) is 12.4 Å². The minimum atomic E-state index is -0.310. The minimum Gasteiger partial charge on any atom is -0.426 e. The molecule has 0 aliphatic rings. The molecule has 0 radical (unpaired) electrons. The number of carbonyl (C=O) groups excluding carboxylic acids is 2. The monoisotopic (exact) mass is 342 g/mol. The molecule has 0 aromatic heterocycles. The maximum absolute atomic E-state index is 11.9. The molecule has 0 heterocycles. The van der Waals surface area contributed by atoms with Gasteiger partial charge in [-0.2, -0.15) is 0 Å². The number of hydrogen-bond donors (Lipinski definition) is 2. The fourth-order valence-corrected chi connectivity index (χ4v) is 1.95. The second-order valence-corrected chi connectivity index (χ2v) is 5.65. The van der Waals surface area contributed by atoms with Crippen molar-refractivity contribution in [3.63, 3.8) is 0 Å². The highest BCUT2D eigenvalue weighted by Crippen LogP contribution is 2.24. The summed E-state index contributed by atoms with van der Waals surface area (Å²) in [6, 6.07) is 5.91. The van der Waals surface area contributed by atoms with E-state index in [9.17, 15) is 9.59 Å². The molecule has 0 fully saturated rings. The number of esters is 1. The van der Waals surface area contributed by atoms with Crippen molar-refractivity contribution in [2.75, 3.05) is 13.1 Å². The van der Waals surface area contributed by atoms with Crippen LogP contribution in [0.5, 0.6) is 5.75 Å². The molecule has 23 heavy (non-hydrogen) atoms. The van der Waals surface area contributed by atoms with Crippen LogP contribution in [0.3, 0.4) is 0 Å². The van der Waals surface area contributed by atoms with Crippen LogP contribution >= 0.6 is 12.4 Å². The number of carbonyl (C=O) groups is 2. The largest absolute Gasteiger partial charge is 0.426 e. The fourth-order valence-electron chi connectivity index (χ4n) is 1.95. The number of aryl methyl sites for hydroxylation is 1. The van der Waals surface area contributed by atoms with Gasteiger partial charge in [0.05, 0.1) is 0 Å². The Morgan fingerprint density at radius 2 is 1.96 bits per heavy atom. The van der Waals surface area contributed by atoms with E-state index >= 15 is 0 Å². The zero-order valence-corrected chi connectivity index (χ0v) is 14.9. The molecule has 0 saturated heterocycles. The smallest absolute Gasteiger partial charge is 0.311 e. The minimum absolute atomic E-state index is 0. The van der Waals surface area contributed by atoms with Gasteiger partial charge in [-0.05, 0) is 36.5 Å². The zero-order valence-electron chi connectivity index (χ0n) is 14.1. The predicted molar refractivity (Wildman–Crippen MR) is 94.1 cm³/mol. The van der Waals surface area contributed by atoms with Crippen molar-refractivity contribution in [2.24, 2.45) is 5.73 Å². The number of nitrogens with two attached hydrogens (primary N) is 1. The molecule has 0 saturated carbocycles. The van der Waals surface area contributed by atoms with Crippen molar-refractivity contribution < 1.29 is 14.3 Å². The van der Waals surface area contributed by atoms with E-state index in [1.54, 1.807) is 0 Å². The average molecular weight is 343 g/mol. The fraction of sp³-hybridized carbons (Fsp3) is 0.529. The molecule has 0 bridgehead atoms. The maximum atomic E-state index is 11.9. The van der Waals surface area contributed by atoms with Crippen LogP contribution in [0.2, 0.25) is 0 Å². The van der Waals surface area contributed by atoms with Gasteiger partial charge in [0.25, 0.3) is 0 Å². The third-order valence-corrected chi connectivity index (χ3v) is 3.35. The maximum Gasteiger partial charge on any atom is 0.311 e. The summed E-state index contributed by atoms with van der Waals surface area (Å²) in [5, 5.41) is 2.67. The van der Waals surface area contributed by atoms with Crippen molar-refractivity contribution in [1.82, 2.24) is 5.32 Å². The van der Waals surface area contributed by atoms with E-state index in [1.165, 1.54) is 0 Å². The lowest BCUT2D eigenvalue weighted by atomic mass is 10.0. The van der Waals surface area contributed by atoms with E-state index in [0.717, 1.165) is 11.1 Å². The van der Waals surface area contributed by atoms with Crippen LogP contribution in [0.25, 0.3) is 0 Å². The lowest BCUT2D eigenvalue weighted by Crippen LogP contribution is -2.28. The third kappa shape index (κ3) is 8.00. The van der Waals surface area contributed by atoms with Gasteiger partial charge < -0.3 is 15.8 Å². The van der Waals surface area contributed by atoms with Crippen molar-refractivity contribution in [3.8, 4) is 5.75 Å². The van der Waals surface area contributed by atoms with Gasteiger partial charge in [0, 0.05) is 25.9 Å². The molecule has 0 atom stereocenters. The number of amides is 1. The Morgan fingerprint density at radius 3 is 2.57 bits per heavy atom. The summed E-state index contributed by atoms with van der Waals surface area (Å²) in [5.41, 5.74) is 7.36. The summed E-state index contributed by atoms with van der Waals surface area (Å²) in [6.45, 7) is 6.98. The quantitative estimate of drug-likeness (QED) is 0.562. The van der Waals surface area contributed by atoms with Gasteiger partial charge in [-0.25, -0.2) is 0 Å². The van der Waals surface area contributed by atoms with E-state index in [0.29, 0.717) is 37.6 Å². The highest BCUT2D eigenvalue weighted by atomic mass is 35.5. The number of halogens is 1. The molecule has 1 rings (SSSR count). The first-order chi connectivity index (χ1) is 10.4. The lowest BCUT2D eigenvalue weighted by molar-refractivity contribution is -0.134. The van der Waals surface area contributed by atoms with E-state index < -0.39 is 0 Å². The van der Waals surface area contributed by atoms with Gasteiger partial charge in [0.15, 0.2) is 0 Å². The standard InChI is InChI=1S/C17H26N2O3.ClH/c1-12(2)14-8-7-13(3)15(11-14)22-17(21)6-4-5-16(20)19-10-9-18;/h7-8,11-12H,4-6,9-10,18H2,1-3H3,(H,19,20);1H. The van der Waals surface area contributed by atoms with Crippen LogP contribution in [-0.4, -0.2) is 25.0 Å². The first-order valence-corrected chi connectivity index (χ1v) is 7.72. The summed E-state index contributed by atoms with van der Waals surface area (Å²) in [5.74, 6) is 0.583. The predicted octanol–water partition coefficient (Wildman–Crippen LogP) is 2.69. The van der Waals surface area contributed by atoms with Crippen LogP contribution < -0.4 is 15.8 Å². The molecule has 0 aliphatic heterocycles. The van der Waals surface area contributed by atoms with Gasteiger partial charge in [-0.1, -0.05) is 26.0 Å². The number of rotatable bonds is 8. The zero-order chi connectivity index (χ0) is 16.5. The van der Waals surface area contributed by atoms with Crippen molar-refractivity contribution in [2.45, 2.75) is 46.0 Å². The number of ether oxygens (including phenoxy) is 1. The van der Waals surface area contributed by atoms with E-state index in [2.05, 4.69) is 19.2 Å². The summed E-state index contributed by atoms with van der Waals surface area (Å²) in [6.07, 6.45) is 1.000. The topological polar surface area (TPSA) is 81.4 Å². The Kier molecular flexibility index (Phi) is 10.3. The normalized spacial score (nSPS) is 10.1. The Morgan fingerprint density at radius 1 is 1.26 bits per heavy atom. The summed E-state index contributed by atoms with van der Waals surface area (Å²) < 4.78 is 5.41. The van der Waals surface area contributed by atoms with E-state index in [1.807, 2.05) is 25.1 Å². The molecular weight excluding hydrogens is 316 g/mol. The summed E-state index contributed by atoms with van der Waals surface area (Å²) >= 11 is 0. The number of nitrogens with one attached hydrogen (secondary N) is 1. The van der Waals surface area contributed by atoms with Crippen LogP contribution in [-0.2, 0) is 9.59 Å².